The zero-order valence-corrected chi connectivity index (χ0v) is 9.84. The zero-order chi connectivity index (χ0) is 11.5. The van der Waals surface area contributed by atoms with Gasteiger partial charge in [-0.25, -0.2) is 4.98 Å². The highest BCUT2D eigenvalue weighted by Crippen LogP contribution is 2.22. The highest BCUT2D eigenvalue weighted by Gasteiger charge is 2.25. The lowest BCUT2D eigenvalue weighted by Gasteiger charge is -2.10. The topological polar surface area (TPSA) is 54.0 Å². The minimum atomic E-state index is -0.0809. The van der Waals surface area contributed by atoms with Crippen molar-refractivity contribution in [3.05, 3.63) is 23.0 Å². The molecule has 0 radical (unpaired) electrons. The third-order valence-corrected chi connectivity index (χ3v) is 2.60. The fraction of sp³-hybridized carbons (Fsp3) is 0.455. The van der Waals surface area contributed by atoms with Gasteiger partial charge in [-0.15, -0.1) is 0 Å². The van der Waals surface area contributed by atoms with Gasteiger partial charge in [-0.05, 0) is 25.8 Å². The van der Waals surface area contributed by atoms with E-state index in [-0.39, 0.29) is 5.91 Å². The van der Waals surface area contributed by atoms with Crippen LogP contribution in [0.25, 0.3) is 0 Å². The number of amides is 1. The van der Waals surface area contributed by atoms with E-state index in [1.807, 2.05) is 6.92 Å². The maximum Gasteiger partial charge on any atom is 0.255 e. The second kappa shape index (κ2) is 4.70. The van der Waals surface area contributed by atoms with Crippen molar-refractivity contribution >= 4 is 23.2 Å². The number of pyridine rings is 1. The number of nitrogens with one attached hydrogen (secondary N) is 2. The van der Waals surface area contributed by atoms with Gasteiger partial charge < -0.3 is 10.6 Å². The highest BCUT2D eigenvalue weighted by atomic mass is 35.5. The van der Waals surface area contributed by atoms with Crippen molar-refractivity contribution < 1.29 is 4.79 Å². The lowest BCUT2D eigenvalue weighted by atomic mass is 10.2. The molecule has 1 fully saturated rings. The number of hydrogen-bond acceptors (Lipinski definition) is 3. The van der Waals surface area contributed by atoms with Gasteiger partial charge in [0.2, 0.25) is 0 Å². The summed E-state index contributed by atoms with van der Waals surface area (Å²) in [6.07, 6.45) is 3.66. The Kier molecular flexibility index (Phi) is 3.29. The van der Waals surface area contributed by atoms with Gasteiger partial charge in [-0.2, -0.15) is 0 Å². The largest absolute Gasteiger partial charge is 0.385 e. The normalized spacial score (nSPS) is 14.6. The molecule has 0 atom stereocenters. The van der Waals surface area contributed by atoms with Crippen LogP contribution in [0.15, 0.2) is 12.3 Å². The van der Waals surface area contributed by atoms with Gasteiger partial charge in [-0.1, -0.05) is 11.6 Å². The van der Waals surface area contributed by atoms with Crippen molar-refractivity contribution in [3.8, 4) is 0 Å². The molecule has 1 amide bonds. The minimum Gasteiger partial charge on any atom is -0.385 e. The predicted octanol–water partition coefficient (Wildman–Crippen LogP) is 2.06. The van der Waals surface area contributed by atoms with Gasteiger partial charge in [0, 0.05) is 18.8 Å². The molecule has 16 heavy (non-hydrogen) atoms. The summed E-state index contributed by atoms with van der Waals surface area (Å²) in [7, 11) is 0. The van der Waals surface area contributed by atoms with Gasteiger partial charge in [0.25, 0.3) is 5.91 Å². The highest BCUT2D eigenvalue weighted by molar-refractivity contribution is 6.29. The van der Waals surface area contributed by atoms with E-state index in [9.17, 15) is 4.79 Å². The molecule has 0 unspecified atom stereocenters. The summed E-state index contributed by atoms with van der Waals surface area (Å²) in [5.41, 5.74) is 1.29. The fourth-order valence-electron chi connectivity index (χ4n) is 1.44. The summed E-state index contributed by atoms with van der Waals surface area (Å²) in [5.74, 6) is -0.0809. The van der Waals surface area contributed by atoms with Gasteiger partial charge in [0.15, 0.2) is 0 Å². The molecular formula is C11H14ClN3O. The van der Waals surface area contributed by atoms with Crippen molar-refractivity contribution in [1.29, 1.82) is 0 Å². The molecular weight excluding hydrogens is 226 g/mol. The lowest BCUT2D eigenvalue weighted by Crippen LogP contribution is -2.26. The van der Waals surface area contributed by atoms with Crippen LogP contribution < -0.4 is 10.6 Å². The van der Waals surface area contributed by atoms with Crippen molar-refractivity contribution in [3.63, 3.8) is 0 Å². The van der Waals surface area contributed by atoms with E-state index in [2.05, 4.69) is 15.6 Å². The van der Waals surface area contributed by atoms with Gasteiger partial charge >= 0.3 is 0 Å². The number of hydrogen-bond donors (Lipinski definition) is 2. The van der Waals surface area contributed by atoms with E-state index in [0.717, 1.165) is 25.1 Å². The molecule has 1 aliphatic rings. The Balaban J connectivity index is 2.19. The predicted molar refractivity (Wildman–Crippen MR) is 63.9 cm³/mol. The van der Waals surface area contributed by atoms with E-state index < -0.39 is 0 Å². The van der Waals surface area contributed by atoms with Gasteiger partial charge in [0.05, 0.1) is 11.3 Å². The van der Waals surface area contributed by atoms with E-state index in [1.54, 1.807) is 6.07 Å². The molecule has 1 aromatic rings. The standard InChI is InChI=1S/C11H14ClN3O/c1-2-13-9-5-10(12)14-6-8(9)11(16)15-7-3-4-7/h5-7H,2-4H2,1H3,(H,13,14)(H,15,16). The van der Waals surface area contributed by atoms with Crippen molar-refractivity contribution in [2.45, 2.75) is 25.8 Å². The van der Waals surface area contributed by atoms with Crippen LogP contribution in [0.2, 0.25) is 5.15 Å². The number of halogens is 1. The molecule has 5 heteroatoms. The Morgan fingerprint density at radius 3 is 3.00 bits per heavy atom. The third-order valence-electron chi connectivity index (χ3n) is 2.40. The minimum absolute atomic E-state index is 0.0809. The number of anilines is 1. The Morgan fingerprint density at radius 2 is 2.38 bits per heavy atom. The molecule has 2 N–H and O–H groups in total. The first-order valence-corrected chi connectivity index (χ1v) is 5.78. The summed E-state index contributed by atoms with van der Waals surface area (Å²) in [5, 5.41) is 6.42. The molecule has 0 spiro atoms. The molecule has 86 valence electrons. The molecule has 0 aromatic carbocycles. The van der Waals surface area contributed by atoms with Gasteiger partial charge in [0.1, 0.15) is 5.15 Å². The smallest absolute Gasteiger partial charge is 0.255 e. The SMILES string of the molecule is CCNc1cc(Cl)ncc1C(=O)NC1CC1. The molecule has 1 aromatic heterocycles. The number of nitrogens with zero attached hydrogens (tertiary/aromatic N) is 1. The van der Waals surface area contributed by atoms with E-state index in [0.29, 0.717) is 16.8 Å². The summed E-state index contributed by atoms with van der Waals surface area (Å²) in [4.78, 5) is 15.8. The lowest BCUT2D eigenvalue weighted by molar-refractivity contribution is 0.0951. The molecule has 2 rings (SSSR count). The average Bonchev–Trinajstić information content (AvgIpc) is 3.02. The van der Waals surface area contributed by atoms with Crippen LogP contribution in [0.1, 0.15) is 30.1 Å². The number of aromatic nitrogens is 1. The fourth-order valence-corrected chi connectivity index (χ4v) is 1.60. The van der Waals surface area contributed by atoms with Crippen LogP contribution >= 0.6 is 11.6 Å². The number of carbonyl (C=O) groups excluding carboxylic acids is 1. The summed E-state index contributed by atoms with van der Waals surface area (Å²) in [6, 6.07) is 2.02. The molecule has 0 aliphatic heterocycles. The summed E-state index contributed by atoms with van der Waals surface area (Å²) < 4.78 is 0. The summed E-state index contributed by atoms with van der Waals surface area (Å²) >= 11 is 5.79. The van der Waals surface area contributed by atoms with Crippen LogP contribution in [0, 0.1) is 0 Å². The maximum atomic E-state index is 11.9. The van der Waals surface area contributed by atoms with Crippen LogP contribution in [-0.2, 0) is 0 Å². The molecule has 1 heterocycles. The number of carbonyl (C=O) groups is 1. The van der Waals surface area contributed by atoms with Crippen LogP contribution in [0.5, 0.6) is 0 Å². The first kappa shape index (κ1) is 11.2. The maximum absolute atomic E-state index is 11.9. The van der Waals surface area contributed by atoms with E-state index in [1.165, 1.54) is 6.20 Å². The Morgan fingerprint density at radius 1 is 1.62 bits per heavy atom. The molecule has 4 nitrogen and oxygen atoms in total. The molecule has 1 saturated carbocycles. The summed E-state index contributed by atoms with van der Waals surface area (Å²) in [6.45, 7) is 2.71. The molecule has 0 saturated heterocycles. The van der Waals surface area contributed by atoms with Crippen LogP contribution in [-0.4, -0.2) is 23.5 Å². The monoisotopic (exact) mass is 239 g/mol. The Bertz CT molecular complexity index is 404. The third kappa shape index (κ3) is 2.64. The second-order valence-corrected chi connectivity index (χ2v) is 4.22. The first-order valence-electron chi connectivity index (χ1n) is 5.41. The molecule has 0 bridgehead atoms. The van der Waals surface area contributed by atoms with Crippen molar-refractivity contribution in [2.24, 2.45) is 0 Å². The first-order chi connectivity index (χ1) is 7.70. The van der Waals surface area contributed by atoms with Gasteiger partial charge in [-0.3, -0.25) is 4.79 Å². The molecule has 1 aliphatic carbocycles. The Labute approximate surface area is 99.4 Å². The average molecular weight is 240 g/mol. The van der Waals surface area contributed by atoms with Crippen LogP contribution in [0.4, 0.5) is 5.69 Å². The number of rotatable bonds is 4. The quantitative estimate of drug-likeness (QED) is 0.791. The van der Waals surface area contributed by atoms with E-state index >= 15 is 0 Å². The second-order valence-electron chi connectivity index (χ2n) is 3.83. The van der Waals surface area contributed by atoms with Crippen LogP contribution in [0.3, 0.4) is 0 Å². The Hall–Kier alpha value is -1.29. The van der Waals surface area contributed by atoms with E-state index in [4.69, 9.17) is 11.6 Å². The van der Waals surface area contributed by atoms with Crippen molar-refractivity contribution in [1.82, 2.24) is 10.3 Å². The zero-order valence-electron chi connectivity index (χ0n) is 9.09. The van der Waals surface area contributed by atoms with Crippen molar-refractivity contribution in [2.75, 3.05) is 11.9 Å².